The summed E-state index contributed by atoms with van der Waals surface area (Å²) in [6, 6.07) is 11.6. The molecule has 0 amide bonds. The number of benzene rings is 2. The van der Waals surface area contributed by atoms with E-state index in [4.69, 9.17) is 10.9 Å². The molecular weight excluding hydrogens is 344 g/mol. The van der Waals surface area contributed by atoms with Crippen LogP contribution in [0.4, 0.5) is 17.1 Å². The van der Waals surface area contributed by atoms with Crippen molar-refractivity contribution in [3.05, 3.63) is 48.0 Å². The lowest BCUT2D eigenvalue weighted by Gasteiger charge is -2.07. The fourth-order valence-electron chi connectivity index (χ4n) is 1.87. The topological polar surface area (TPSA) is 111 Å². The molecule has 0 saturated heterocycles. The Balaban J connectivity index is 0.00000139. The molecule has 0 bridgehead atoms. The maximum Gasteiger partial charge on any atom is 0.238 e. The fourth-order valence-corrected chi connectivity index (χ4v) is 2.38. The van der Waals surface area contributed by atoms with E-state index in [0.717, 1.165) is 17.8 Å². The predicted molar refractivity (Wildman–Crippen MR) is 105 cm³/mol. The molecule has 0 unspecified atom stereocenters. The third-order valence-corrected chi connectivity index (χ3v) is 3.90. The first-order valence-corrected chi connectivity index (χ1v) is 9.59. The Morgan fingerprint density at radius 1 is 1.17 bits per heavy atom. The minimum atomic E-state index is -3.68. The monoisotopic (exact) mass is 366 g/mol. The van der Waals surface area contributed by atoms with Gasteiger partial charge in [-0.1, -0.05) is 6.07 Å². The zero-order valence-corrected chi connectivity index (χ0v) is 15.3. The maximum atomic E-state index is 11.2. The number of thiol groups is 1. The van der Waals surface area contributed by atoms with Gasteiger partial charge in [-0.25, -0.2) is 13.6 Å². The number of aliphatic imine (C=N–C) groups is 1. The van der Waals surface area contributed by atoms with Gasteiger partial charge in [0.15, 0.2) is 0 Å². The van der Waals surface area contributed by atoms with E-state index in [1.165, 1.54) is 12.1 Å². The minimum absolute atomic E-state index is 0.0633. The van der Waals surface area contributed by atoms with Crippen molar-refractivity contribution in [2.45, 2.75) is 11.8 Å². The fraction of sp³-hybridized carbons (Fsp3) is 0.188. The summed E-state index contributed by atoms with van der Waals surface area (Å²) in [5.74, 6) is 0. The van der Waals surface area contributed by atoms with Crippen LogP contribution >= 0.6 is 12.6 Å². The minimum Gasteiger partial charge on any atom is -0.397 e. The summed E-state index contributed by atoms with van der Waals surface area (Å²) in [7, 11) is -3.68. The van der Waals surface area contributed by atoms with Crippen molar-refractivity contribution in [2.75, 3.05) is 23.9 Å². The third-order valence-electron chi connectivity index (χ3n) is 2.97. The molecule has 130 valence electrons. The highest BCUT2D eigenvalue weighted by Gasteiger charge is 2.06. The van der Waals surface area contributed by atoms with Crippen LogP contribution in [0.5, 0.6) is 0 Å². The summed E-state index contributed by atoms with van der Waals surface area (Å²) < 4.78 is 22.4. The van der Waals surface area contributed by atoms with Gasteiger partial charge in [0, 0.05) is 12.8 Å². The van der Waals surface area contributed by atoms with Crippen molar-refractivity contribution < 1.29 is 8.42 Å². The van der Waals surface area contributed by atoms with Gasteiger partial charge in [0.05, 0.1) is 22.0 Å². The second-order valence-electron chi connectivity index (χ2n) is 4.67. The molecule has 8 heteroatoms. The van der Waals surface area contributed by atoms with Crippen molar-refractivity contribution in [3.8, 4) is 0 Å². The van der Waals surface area contributed by atoms with Crippen LogP contribution in [0.1, 0.15) is 12.5 Å². The van der Waals surface area contributed by atoms with E-state index >= 15 is 0 Å². The standard InChI is InChI=1S/C15H18N4O2S.CH4S/c1-2-18-15-9-11(3-8-14(15)16)10-19-12-4-6-13(7-5-12)22(17,20)21;1-2/h3-10,18H,2,16H2,1H3,(H2,17,20,21);2H,1H3. The van der Waals surface area contributed by atoms with E-state index in [9.17, 15) is 8.42 Å². The second-order valence-corrected chi connectivity index (χ2v) is 6.24. The van der Waals surface area contributed by atoms with Gasteiger partial charge in [0.1, 0.15) is 0 Å². The molecule has 0 aromatic heterocycles. The lowest BCUT2D eigenvalue weighted by atomic mass is 10.2. The number of nitrogens with two attached hydrogens (primary N) is 2. The first-order chi connectivity index (χ1) is 11.4. The molecule has 0 heterocycles. The molecule has 24 heavy (non-hydrogen) atoms. The Kier molecular flexibility index (Phi) is 7.76. The highest BCUT2D eigenvalue weighted by molar-refractivity contribution is 7.89. The van der Waals surface area contributed by atoms with Crippen LogP contribution in [-0.2, 0) is 10.0 Å². The highest BCUT2D eigenvalue weighted by atomic mass is 32.2. The molecule has 0 radical (unpaired) electrons. The molecule has 2 aromatic carbocycles. The predicted octanol–water partition coefficient (Wildman–Crippen LogP) is 2.64. The van der Waals surface area contributed by atoms with Crippen LogP contribution in [0.2, 0.25) is 0 Å². The van der Waals surface area contributed by atoms with E-state index in [-0.39, 0.29) is 4.90 Å². The number of nitrogens with zero attached hydrogens (tertiary/aromatic N) is 1. The van der Waals surface area contributed by atoms with Crippen LogP contribution in [-0.4, -0.2) is 27.4 Å². The van der Waals surface area contributed by atoms with Crippen molar-refractivity contribution in [3.63, 3.8) is 0 Å². The van der Waals surface area contributed by atoms with Crippen LogP contribution in [0.3, 0.4) is 0 Å². The average Bonchev–Trinajstić information content (AvgIpc) is 2.57. The summed E-state index contributed by atoms with van der Waals surface area (Å²) in [6.45, 7) is 2.77. The van der Waals surface area contributed by atoms with Gasteiger partial charge < -0.3 is 11.1 Å². The maximum absolute atomic E-state index is 11.2. The molecule has 0 spiro atoms. The number of sulfonamides is 1. The third kappa shape index (κ3) is 5.88. The average molecular weight is 367 g/mol. The second kappa shape index (κ2) is 9.31. The van der Waals surface area contributed by atoms with Gasteiger partial charge in [0.25, 0.3) is 0 Å². The number of nitrogens with one attached hydrogen (secondary N) is 1. The summed E-state index contributed by atoms with van der Waals surface area (Å²) in [5, 5.41) is 8.22. The summed E-state index contributed by atoms with van der Waals surface area (Å²) in [6.07, 6.45) is 3.38. The number of primary sulfonamides is 1. The Bertz CT molecular complexity index is 788. The molecule has 0 aliphatic carbocycles. The zero-order valence-electron chi connectivity index (χ0n) is 13.6. The van der Waals surface area contributed by atoms with E-state index in [2.05, 4.69) is 22.9 Å². The lowest BCUT2D eigenvalue weighted by molar-refractivity contribution is 0.598. The van der Waals surface area contributed by atoms with Gasteiger partial charge >= 0.3 is 0 Å². The largest absolute Gasteiger partial charge is 0.397 e. The molecule has 0 saturated carbocycles. The summed E-state index contributed by atoms with van der Waals surface area (Å²) >= 11 is 3.53. The van der Waals surface area contributed by atoms with Gasteiger partial charge in [-0.05, 0) is 55.1 Å². The Hall–Kier alpha value is -2.03. The van der Waals surface area contributed by atoms with Crippen molar-refractivity contribution >= 4 is 45.9 Å². The molecular formula is C16H22N4O2S2. The van der Waals surface area contributed by atoms with Gasteiger partial charge in [-0.2, -0.15) is 12.6 Å². The smallest absolute Gasteiger partial charge is 0.238 e. The molecule has 5 N–H and O–H groups in total. The number of hydrogen-bond acceptors (Lipinski definition) is 6. The first-order valence-electron chi connectivity index (χ1n) is 7.15. The van der Waals surface area contributed by atoms with Crippen molar-refractivity contribution in [1.29, 1.82) is 0 Å². The number of anilines is 2. The van der Waals surface area contributed by atoms with E-state index in [0.29, 0.717) is 11.4 Å². The Labute approximate surface area is 148 Å². The molecule has 0 aliphatic rings. The van der Waals surface area contributed by atoms with Crippen LogP contribution in [0, 0.1) is 0 Å². The normalized spacial score (nSPS) is 11.0. The van der Waals surface area contributed by atoms with E-state index in [1.54, 1.807) is 24.6 Å². The van der Waals surface area contributed by atoms with Crippen molar-refractivity contribution in [2.24, 2.45) is 10.1 Å². The van der Waals surface area contributed by atoms with E-state index < -0.39 is 10.0 Å². The quantitative estimate of drug-likeness (QED) is 0.370. The summed E-state index contributed by atoms with van der Waals surface area (Å²) in [4.78, 5) is 4.36. The van der Waals surface area contributed by atoms with Gasteiger partial charge in [0.2, 0.25) is 10.0 Å². The number of nitrogen functional groups attached to an aromatic ring is 1. The van der Waals surface area contributed by atoms with Gasteiger partial charge in [-0.3, -0.25) is 4.99 Å². The Morgan fingerprint density at radius 3 is 2.33 bits per heavy atom. The van der Waals surface area contributed by atoms with Gasteiger partial charge in [-0.15, -0.1) is 0 Å². The van der Waals surface area contributed by atoms with Crippen LogP contribution in [0.25, 0.3) is 0 Å². The zero-order chi connectivity index (χ0) is 18.2. The van der Waals surface area contributed by atoms with Crippen molar-refractivity contribution in [1.82, 2.24) is 0 Å². The number of rotatable bonds is 5. The molecule has 6 nitrogen and oxygen atoms in total. The first kappa shape index (κ1) is 20.0. The SMILES string of the molecule is CCNc1cc(C=Nc2ccc(S(N)(=O)=O)cc2)ccc1N.CS. The van der Waals surface area contributed by atoms with Crippen LogP contribution in [0.15, 0.2) is 52.4 Å². The molecule has 2 rings (SSSR count). The molecule has 2 aromatic rings. The van der Waals surface area contributed by atoms with E-state index in [1.807, 2.05) is 25.1 Å². The molecule has 0 atom stereocenters. The lowest BCUT2D eigenvalue weighted by Crippen LogP contribution is -2.11. The molecule has 0 fully saturated rings. The Morgan fingerprint density at radius 2 is 1.79 bits per heavy atom. The summed E-state index contributed by atoms with van der Waals surface area (Å²) in [5.41, 5.74) is 8.92. The molecule has 0 aliphatic heterocycles. The highest BCUT2D eigenvalue weighted by Crippen LogP contribution is 2.20. The number of hydrogen-bond donors (Lipinski definition) is 4. The van der Waals surface area contributed by atoms with Crippen LogP contribution < -0.4 is 16.2 Å².